The Morgan fingerprint density at radius 3 is 2.43 bits per heavy atom. The van der Waals surface area contributed by atoms with Crippen molar-refractivity contribution >= 4 is 17.5 Å². The van der Waals surface area contributed by atoms with E-state index in [4.69, 9.17) is 14.6 Å². The van der Waals surface area contributed by atoms with Gasteiger partial charge < -0.3 is 19.5 Å². The molecule has 21 heavy (non-hydrogen) atoms. The Hall–Kier alpha value is -2.26. The Labute approximate surface area is 120 Å². The molecule has 2 unspecified atom stereocenters. The summed E-state index contributed by atoms with van der Waals surface area (Å²) in [5.41, 5.74) is -0.572. The van der Waals surface area contributed by atoms with Crippen LogP contribution in [-0.4, -0.2) is 60.5 Å². The van der Waals surface area contributed by atoms with Crippen molar-refractivity contribution in [3.05, 3.63) is 27.9 Å². The molecule has 1 aliphatic heterocycles. The number of carboxylic acid groups (broad SMARTS) is 1. The summed E-state index contributed by atoms with van der Waals surface area (Å²) in [5, 5.41) is 20.0. The third kappa shape index (κ3) is 2.93. The van der Waals surface area contributed by atoms with Crippen molar-refractivity contribution < 1.29 is 24.3 Å². The van der Waals surface area contributed by atoms with Crippen LogP contribution in [0.3, 0.4) is 0 Å². The fourth-order valence-corrected chi connectivity index (χ4v) is 2.31. The molecule has 0 aromatic carbocycles. The summed E-state index contributed by atoms with van der Waals surface area (Å²) < 4.78 is 10.5. The molecular weight excluding hydrogens is 282 g/mol. The number of ether oxygens (including phenoxy) is 2. The van der Waals surface area contributed by atoms with Gasteiger partial charge in [-0.05, 0) is 0 Å². The number of nitrogens with zero attached hydrogens (tertiary/aromatic N) is 3. The molecule has 0 spiro atoms. The van der Waals surface area contributed by atoms with Gasteiger partial charge in [0.05, 0.1) is 10.5 Å². The molecule has 0 radical (unpaired) electrons. The molecular formula is C12H15N3O6. The molecule has 0 aliphatic carbocycles. The third-order valence-electron chi connectivity index (χ3n) is 3.41. The molecule has 0 bridgehead atoms. The van der Waals surface area contributed by atoms with Crippen molar-refractivity contribution in [3.63, 3.8) is 0 Å². The Bertz CT molecular complexity index is 552. The van der Waals surface area contributed by atoms with Crippen LogP contribution in [0.25, 0.3) is 0 Å². The number of pyridine rings is 1. The van der Waals surface area contributed by atoms with Gasteiger partial charge in [-0.3, -0.25) is 10.1 Å². The van der Waals surface area contributed by atoms with Crippen LogP contribution in [0.2, 0.25) is 0 Å². The lowest BCUT2D eigenvalue weighted by Gasteiger charge is -2.16. The first kappa shape index (κ1) is 15.1. The summed E-state index contributed by atoms with van der Waals surface area (Å²) in [7, 11) is 3.07. The lowest BCUT2D eigenvalue weighted by Crippen LogP contribution is -2.27. The van der Waals surface area contributed by atoms with Gasteiger partial charge in [0.2, 0.25) is 5.82 Å². The lowest BCUT2D eigenvalue weighted by molar-refractivity contribution is -0.384. The number of methoxy groups -OCH3 is 2. The number of aromatic nitrogens is 1. The van der Waals surface area contributed by atoms with Crippen LogP contribution in [0.4, 0.5) is 11.5 Å². The molecule has 1 aromatic rings. The first-order valence-electron chi connectivity index (χ1n) is 6.16. The number of carboxylic acids is 1. The van der Waals surface area contributed by atoms with Gasteiger partial charge >= 0.3 is 11.7 Å². The zero-order valence-electron chi connectivity index (χ0n) is 11.6. The van der Waals surface area contributed by atoms with Crippen LogP contribution >= 0.6 is 0 Å². The first-order chi connectivity index (χ1) is 9.97. The predicted molar refractivity (Wildman–Crippen MR) is 71.7 cm³/mol. The van der Waals surface area contributed by atoms with E-state index in [1.807, 2.05) is 0 Å². The van der Waals surface area contributed by atoms with Crippen molar-refractivity contribution in [3.8, 4) is 0 Å². The molecule has 1 saturated heterocycles. The summed E-state index contributed by atoms with van der Waals surface area (Å²) in [6.07, 6.45) is 0.651. The average Bonchev–Trinajstić information content (AvgIpc) is 2.89. The first-order valence-corrected chi connectivity index (χ1v) is 6.16. The second kappa shape index (κ2) is 6.02. The largest absolute Gasteiger partial charge is 0.478 e. The molecule has 1 aliphatic rings. The molecule has 1 fully saturated rings. The highest BCUT2D eigenvalue weighted by Crippen LogP contribution is 2.30. The second-order valence-electron chi connectivity index (χ2n) is 4.58. The molecule has 9 nitrogen and oxygen atoms in total. The summed E-state index contributed by atoms with van der Waals surface area (Å²) in [6, 6.07) is 1.01. The van der Waals surface area contributed by atoms with Gasteiger partial charge in [-0.25, -0.2) is 9.78 Å². The van der Waals surface area contributed by atoms with E-state index in [0.29, 0.717) is 13.1 Å². The fourth-order valence-electron chi connectivity index (χ4n) is 2.31. The summed E-state index contributed by atoms with van der Waals surface area (Å²) in [5.74, 6) is -1.14. The normalized spacial score (nSPS) is 21.5. The number of carbonyl (C=O) groups is 1. The number of hydrogen-bond acceptors (Lipinski definition) is 7. The van der Waals surface area contributed by atoms with Crippen LogP contribution in [0, 0.1) is 10.1 Å². The number of anilines is 1. The molecule has 2 rings (SSSR count). The van der Waals surface area contributed by atoms with Crippen molar-refractivity contribution in [2.24, 2.45) is 0 Å². The third-order valence-corrected chi connectivity index (χ3v) is 3.41. The summed E-state index contributed by atoms with van der Waals surface area (Å²) in [4.78, 5) is 27.0. The minimum absolute atomic E-state index is 0.117. The van der Waals surface area contributed by atoms with Crippen molar-refractivity contribution in [1.29, 1.82) is 0 Å². The Morgan fingerprint density at radius 1 is 1.43 bits per heavy atom. The Kier molecular flexibility index (Phi) is 4.34. The van der Waals surface area contributed by atoms with E-state index >= 15 is 0 Å². The maximum Gasteiger partial charge on any atom is 0.337 e. The van der Waals surface area contributed by atoms with Crippen molar-refractivity contribution in [1.82, 2.24) is 4.98 Å². The molecule has 0 amide bonds. The molecule has 2 atom stereocenters. The molecule has 0 saturated carbocycles. The van der Waals surface area contributed by atoms with Gasteiger partial charge in [0.15, 0.2) is 0 Å². The average molecular weight is 297 g/mol. The van der Waals surface area contributed by atoms with Gasteiger partial charge in [0.25, 0.3) is 0 Å². The highest BCUT2D eigenvalue weighted by molar-refractivity contribution is 5.88. The van der Waals surface area contributed by atoms with E-state index in [-0.39, 0.29) is 29.3 Å². The number of hydrogen-bond donors (Lipinski definition) is 1. The standard InChI is InChI=1S/C12H15N3O6/c1-20-9-5-14(6-10(9)21-2)11-8(15(18)19)3-7(4-13-11)12(16)17/h3-4,9-10H,5-6H2,1-2H3,(H,16,17). The van der Waals surface area contributed by atoms with Crippen LogP contribution in [-0.2, 0) is 9.47 Å². The summed E-state index contributed by atoms with van der Waals surface area (Å²) in [6.45, 7) is 0.768. The molecule has 114 valence electrons. The van der Waals surface area contributed by atoms with Crippen LogP contribution in [0.1, 0.15) is 10.4 Å². The maximum absolute atomic E-state index is 11.1. The second-order valence-corrected chi connectivity index (χ2v) is 4.58. The van der Waals surface area contributed by atoms with Crippen LogP contribution < -0.4 is 4.90 Å². The minimum atomic E-state index is -1.26. The van der Waals surface area contributed by atoms with Gasteiger partial charge in [0.1, 0.15) is 12.2 Å². The van der Waals surface area contributed by atoms with Gasteiger partial charge in [-0.15, -0.1) is 0 Å². The fraction of sp³-hybridized carbons (Fsp3) is 0.500. The zero-order chi connectivity index (χ0) is 15.6. The van der Waals surface area contributed by atoms with Crippen molar-refractivity contribution in [2.75, 3.05) is 32.2 Å². The highest BCUT2D eigenvalue weighted by Gasteiger charge is 2.36. The molecule has 1 N–H and O–H groups in total. The number of rotatable bonds is 5. The molecule has 2 heterocycles. The lowest BCUT2D eigenvalue weighted by atomic mass is 10.2. The summed E-state index contributed by atoms with van der Waals surface area (Å²) >= 11 is 0. The monoisotopic (exact) mass is 297 g/mol. The topological polar surface area (TPSA) is 115 Å². The van der Waals surface area contributed by atoms with E-state index in [2.05, 4.69) is 4.98 Å². The Morgan fingerprint density at radius 2 is 2.00 bits per heavy atom. The van der Waals surface area contributed by atoms with Crippen molar-refractivity contribution in [2.45, 2.75) is 12.2 Å². The molecule has 9 heteroatoms. The van der Waals surface area contributed by atoms with Crippen LogP contribution in [0.15, 0.2) is 12.3 Å². The Balaban J connectivity index is 2.36. The van der Waals surface area contributed by atoms with Gasteiger partial charge in [0, 0.05) is 39.6 Å². The predicted octanol–water partition coefficient (Wildman–Crippen LogP) is 0.538. The smallest absolute Gasteiger partial charge is 0.337 e. The highest BCUT2D eigenvalue weighted by atomic mass is 16.6. The minimum Gasteiger partial charge on any atom is -0.478 e. The zero-order valence-corrected chi connectivity index (χ0v) is 11.6. The quantitative estimate of drug-likeness (QED) is 0.618. The maximum atomic E-state index is 11.1. The molecule has 1 aromatic heterocycles. The van der Waals surface area contributed by atoms with Crippen LogP contribution in [0.5, 0.6) is 0 Å². The van der Waals surface area contributed by atoms with E-state index in [1.54, 1.807) is 4.90 Å². The van der Waals surface area contributed by atoms with E-state index in [1.165, 1.54) is 14.2 Å². The SMILES string of the molecule is COC1CN(c2ncc(C(=O)O)cc2[N+](=O)[O-])CC1OC. The van der Waals surface area contributed by atoms with Gasteiger partial charge in [-0.1, -0.05) is 0 Å². The van der Waals surface area contributed by atoms with E-state index in [0.717, 1.165) is 12.3 Å². The van der Waals surface area contributed by atoms with Gasteiger partial charge in [-0.2, -0.15) is 0 Å². The van der Waals surface area contributed by atoms with E-state index < -0.39 is 10.9 Å². The van der Waals surface area contributed by atoms with E-state index in [9.17, 15) is 14.9 Å². The number of nitro groups is 1. The number of aromatic carboxylic acids is 1.